The Bertz CT molecular complexity index is 1140. The van der Waals surface area contributed by atoms with Crippen LogP contribution in [0.1, 0.15) is 16.1 Å². The summed E-state index contributed by atoms with van der Waals surface area (Å²) in [5, 5.41) is 4.12. The van der Waals surface area contributed by atoms with E-state index >= 15 is 0 Å². The van der Waals surface area contributed by atoms with Crippen molar-refractivity contribution in [1.29, 1.82) is 0 Å². The largest absolute Gasteiger partial charge is 0.433 e. The monoisotopic (exact) mass is 368 g/mol. The number of carbonyl (C=O) groups is 1. The van der Waals surface area contributed by atoms with Crippen LogP contribution in [0.4, 0.5) is 13.2 Å². The maximum atomic E-state index is 13.1. The molecule has 4 rings (SSSR count). The molecule has 5 nitrogen and oxygen atoms in total. The first-order chi connectivity index (χ1) is 13.0. The van der Waals surface area contributed by atoms with Gasteiger partial charge in [0.25, 0.3) is 0 Å². The van der Waals surface area contributed by atoms with Gasteiger partial charge in [0, 0.05) is 17.3 Å². The fraction of sp³-hybridized carbons (Fsp3) is 0.0526. The normalized spacial score (nSPS) is 11.7. The third-order valence-corrected chi connectivity index (χ3v) is 3.99. The molecule has 0 saturated carbocycles. The minimum Gasteiger partial charge on any atom is -0.298 e. The number of aldehydes is 1. The topological polar surface area (TPSA) is 60.2 Å². The number of carbonyl (C=O) groups excluding carboxylic acids is 1. The lowest BCUT2D eigenvalue weighted by molar-refractivity contribution is -0.141. The molecule has 0 unspecified atom stereocenters. The average molecular weight is 368 g/mol. The Morgan fingerprint density at radius 3 is 2.44 bits per heavy atom. The van der Waals surface area contributed by atoms with Crippen molar-refractivity contribution in [3.63, 3.8) is 0 Å². The smallest absolute Gasteiger partial charge is 0.298 e. The summed E-state index contributed by atoms with van der Waals surface area (Å²) >= 11 is 0. The van der Waals surface area contributed by atoms with Crippen molar-refractivity contribution in [3.8, 4) is 22.5 Å². The molecule has 0 aliphatic carbocycles. The number of halogens is 3. The molecule has 0 radical (unpaired) electrons. The summed E-state index contributed by atoms with van der Waals surface area (Å²) in [5.74, 6) is 0. The van der Waals surface area contributed by atoms with Crippen molar-refractivity contribution in [1.82, 2.24) is 19.6 Å². The van der Waals surface area contributed by atoms with Gasteiger partial charge < -0.3 is 0 Å². The van der Waals surface area contributed by atoms with Gasteiger partial charge in [0.1, 0.15) is 12.0 Å². The van der Waals surface area contributed by atoms with Crippen LogP contribution in [0.25, 0.3) is 28.2 Å². The first kappa shape index (κ1) is 16.9. The Morgan fingerprint density at radius 1 is 0.963 bits per heavy atom. The molecule has 0 N–H and O–H groups in total. The van der Waals surface area contributed by atoms with Crippen LogP contribution < -0.4 is 0 Å². The van der Waals surface area contributed by atoms with E-state index in [2.05, 4.69) is 15.1 Å². The summed E-state index contributed by atoms with van der Waals surface area (Å²) in [4.78, 5) is 19.3. The van der Waals surface area contributed by atoms with E-state index in [1.165, 1.54) is 16.8 Å². The number of benzene rings is 1. The molecule has 0 spiro atoms. The number of hydrogen-bond donors (Lipinski definition) is 0. The van der Waals surface area contributed by atoms with Gasteiger partial charge in [-0.1, -0.05) is 30.3 Å². The standard InChI is InChI=1S/C19H11F3N4O/c20-19(21,22)17-9-12(11-27)8-16(24-17)14-10-23-26-7-6-15(25-18(14)26)13-4-2-1-3-5-13/h1-11H. The fourth-order valence-corrected chi connectivity index (χ4v) is 2.72. The maximum absolute atomic E-state index is 13.1. The summed E-state index contributed by atoms with van der Waals surface area (Å²) in [5.41, 5.74) is 0.887. The van der Waals surface area contributed by atoms with Gasteiger partial charge in [-0.05, 0) is 18.2 Å². The van der Waals surface area contributed by atoms with Gasteiger partial charge in [-0.2, -0.15) is 18.3 Å². The zero-order valence-electron chi connectivity index (χ0n) is 13.7. The Kier molecular flexibility index (Phi) is 3.95. The van der Waals surface area contributed by atoms with Gasteiger partial charge in [-0.3, -0.25) is 4.79 Å². The molecular weight excluding hydrogens is 357 g/mol. The van der Waals surface area contributed by atoms with E-state index in [-0.39, 0.29) is 11.3 Å². The summed E-state index contributed by atoms with van der Waals surface area (Å²) < 4.78 is 40.8. The Hall–Kier alpha value is -3.55. The van der Waals surface area contributed by atoms with E-state index in [0.717, 1.165) is 5.56 Å². The number of rotatable bonds is 3. The van der Waals surface area contributed by atoms with Crippen LogP contribution >= 0.6 is 0 Å². The third kappa shape index (κ3) is 3.17. The molecule has 0 aliphatic rings. The molecule has 3 heterocycles. The molecule has 0 atom stereocenters. The molecule has 0 amide bonds. The predicted octanol–water partition coefficient (Wildman–Crippen LogP) is 4.29. The highest BCUT2D eigenvalue weighted by atomic mass is 19.4. The van der Waals surface area contributed by atoms with Crippen LogP contribution in [0.2, 0.25) is 0 Å². The zero-order valence-corrected chi connectivity index (χ0v) is 13.7. The Morgan fingerprint density at radius 2 is 1.74 bits per heavy atom. The fourth-order valence-electron chi connectivity index (χ4n) is 2.72. The number of pyridine rings is 1. The summed E-state index contributed by atoms with van der Waals surface area (Å²) in [6, 6.07) is 13.1. The molecule has 3 aromatic heterocycles. The zero-order chi connectivity index (χ0) is 19.0. The number of alkyl halides is 3. The highest BCUT2D eigenvalue weighted by molar-refractivity contribution is 5.82. The van der Waals surface area contributed by atoms with Crippen LogP contribution in [-0.4, -0.2) is 25.9 Å². The molecule has 1 aromatic carbocycles. The quantitative estimate of drug-likeness (QED) is 0.506. The van der Waals surface area contributed by atoms with Gasteiger partial charge in [0.05, 0.1) is 23.1 Å². The van der Waals surface area contributed by atoms with Crippen LogP contribution in [0.5, 0.6) is 0 Å². The van der Waals surface area contributed by atoms with Gasteiger partial charge >= 0.3 is 6.18 Å². The number of fused-ring (bicyclic) bond motifs is 1. The van der Waals surface area contributed by atoms with Gasteiger partial charge in [-0.15, -0.1) is 0 Å². The van der Waals surface area contributed by atoms with Crippen molar-refractivity contribution in [2.75, 3.05) is 0 Å². The van der Waals surface area contributed by atoms with Gasteiger partial charge in [0.2, 0.25) is 0 Å². The van der Waals surface area contributed by atoms with Crippen molar-refractivity contribution < 1.29 is 18.0 Å². The van der Waals surface area contributed by atoms with Gasteiger partial charge in [-0.25, -0.2) is 14.5 Å². The first-order valence-electron chi connectivity index (χ1n) is 7.90. The molecule has 0 bridgehead atoms. The second-order valence-corrected chi connectivity index (χ2v) is 5.79. The van der Waals surface area contributed by atoms with Crippen molar-refractivity contribution in [2.24, 2.45) is 0 Å². The molecule has 0 saturated heterocycles. The summed E-state index contributed by atoms with van der Waals surface area (Å²) in [6.07, 6.45) is -1.26. The average Bonchev–Trinajstić information content (AvgIpc) is 3.11. The molecule has 0 fully saturated rings. The maximum Gasteiger partial charge on any atom is 0.433 e. The highest BCUT2D eigenvalue weighted by Gasteiger charge is 2.33. The van der Waals surface area contributed by atoms with E-state index in [4.69, 9.17) is 0 Å². The molecule has 8 heteroatoms. The number of aromatic nitrogens is 4. The van der Waals surface area contributed by atoms with Gasteiger partial charge in [0.15, 0.2) is 5.65 Å². The van der Waals surface area contributed by atoms with Crippen LogP contribution in [0.3, 0.4) is 0 Å². The van der Waals surface area contributed by atoms with Crippen molar-refractivity contribution >= 4 is 11.9 Å². The van der Waals surface area contributed by atoms with E-state index < -0.39 is 11.9 Å². The van der Waals surface area contributed by atoms with Crippen LogP contribution in [0, 0.1) is 0 Å². The second kappa shape index (κ2) is 6.31. The third-order valence-electron chi connectivity index (χ3n) is 3.99. The van der Waals surface area contributed by atoms with E-state index in [1.54, 1.807) is 12.3 Å². The van der Waals surface area contributed by atoms with E-state index in [0.29, 0.717) is 29.3 Å². The lowest BCUT2D eigenvalue weighted by Crippen LogP contribution is -2.09. The lowest BCUT2D eigenvalue weighted by atomic mass is 10.1. The number of nitrogens with zero attached hydrogens (tertiary/aromatic N) is 4. The SMILES string of the molecule is O=Cc1cc(-c2cnn3ccc(-c4ccccc4)nc23)nc(C(F)(F)F)c1. The lowest BCUT2D eigenvalue weighted by Gasteiger charge is -2.09. The highest BCUT2D eigenvalue weighted by Crippen LogP contribution is 2.31. The van der Waals surface area contributed by atoms with Crippen molar-refractivity contribution in [3.05, 3.63) is 72.2 Å². The summed E-state index contributed by atoms with van der Waals surface area (Å²) in [6.45, 7) is 0. The molecular formula is C19H11F3N4O. The number of hydrogen-bond acceptors (Lipinski definition) is 4. The van der Waals surface area contributed by atoms with Crippen LogP contribution in [0.15, 0.2) is 60.9 Å². The minimum atomic E-state index is -4.67. The minimum absolute atomic E-state index is 0.0142. The van der Waals surface area contributed by atoms with Crippen LogP contribution in [-0.2, 0) is 6.18 Å². The molecule has 0 aliphatic heterocycles. The Labute approximate surface area is 151 Å². The molecule has 134 valence electrons. The predicted molar refractivity (Wildman–Crippen MR) is 92.0 cm³/mol. The molecule has 27 heavy (non-hydrogen) atoms. The molecule has 4 aromatic rings. The Balaban J connectivity index is 1.91. The van der Waals surface area contributed by atoms with Crippen molar-refractivity contribution in [2.45, 2.75) is 6.18 Å². The summed E-state index contributed by atoms with van der Waals surface area (Å²) in [7, 11) is 0. The second-order valence-electron chi connectivity index (χ2n) is 5.79. The van der Waals surface area contributed by atoms with E-state index in [9.17, 15) is 18.0 Å². The first-order valence-corrected chi connectivity index (χ1v) is 7.90. The van der Waals surface area contributed by atoms with E-state index in [1.807, 2.05) is 30.3 Å².